The summed E-state index contributed by atoms with van der Waals surface area (Å²) in [6.45, 7) is 9.03. The monoisotopic (exact) mass is 423 g/mol. The van der Waals surface area contributed by atoms with Crippen molar-refractivity contribution >= 4 is 33.5 Å². The summed E-state index contributed by atoms with van der Waals surface area (Å²) < 4.78 is 1.09. The predicted molar refractivity (Wildman–Crippen MR) is 112 cm³/mol. The molecule has 0 bridgehead atoms. The highest BCUT2D eigenvalue weighted by atomic mass is 79.9. The van der Waals surface area contributed by atoms with Crippen molar-refractivity contribution in [3.8, 4) is 0 Å². The summed E-state index contributed by atoms with van der Waals surface area (Å²) in [4.78, 5) is 19.0. The Bertz CT molecular complexity index is 629. The van der Waals surface area contributed by atoms with Crippen LogP contribution in [0.3, 0.4) is 0 Å². The number of amides is 1. The van der Waals surface area contributed by atoms with Crippen LogP contribution in [0.2, 0.25) is 0 Å². The number of hydrogen-bond acceptors (Lipinski definition) is 3. The van der Waals surface area contributed by atoms with Crippen LogP contribution >= 0.6 is 15.9 Å². The zero-order valence-electron chi connectivity index (χ0n) is 16.1. The van der Waals surface area contributed by atoms with Crippen LogP contribution < -0.4 is 20.9 Å². The van der Waals surface area contributed by atoms with Gasteiger partial charge in [0.2, 0.25) is 5.91 Å². The average Bonchev–Trinajstić information content (AvgIpc) is 3.08. The molecule has 1 amide bonds. The van der Waals surface area contributed by atoms with Crippen molar-refractivity contribution < 1.29 is 4.79 Å². The van der Waals surface area contributed by atoms with Crippen molar-refractivity contribution in [1.29, 1.82) is 0 Å². The highest BCUT2D eigenvalue weighted by molar-refractivity contribution is 9.10. The Balaban J connectivity index is 1.96. The van der Waals surface area contributed by atoms with Crippen molar-refractivity contribution in [3.63, 3.8) is 0 Å². The molecule has 0 saturated carbocycles. The smallest absolute Gasteiger partial charge is 0.227 e. The molecule has 144 valence electrons. The zero-order chi connectivity index (χ0) is 19.2. The Hall–Kier alpha value is -1.76. The number of carbonyl (C=O) groups is 1. The van der Waals surface area contributed by atoms with E-state index in [4.69, 9.17) is 0 Å². The molecule has 3 N–H and O–H groups in total. The van der Waals surface area contributed by atoms with Crippen LogP contribution in [-0.2, 0) is 4.79 Å². The molecule has 1 aromatic carbocycles. The maximum Gasteiger partial charge on any atom is 0.227 e. The van der Waals surface area contributed by atoms with Gasteiger partial charge in [-0.3, -0.25) is 9.79 Å². The summed E-state index contributed by atoms with van der Waals surface area (Å²) >= 11 is 3.48. The molecule has 0 aromatic heterocycles. The number of guanidine groups is 1. The molecule has 2 rings (SSSR count). The van der Waals surface area contributed by atoms with Crippen LogP contribution in [0.4, 0.5) is 5.69 Å². The van der Waals surface area contributed by atoms with E-state index >= 15 is 0 Å². The quantitative estimate of drug-likeness (QED) is 0.485. The molecule has 1 aromatic rings. The highest BCUT2D eigenvalue weighted by Gasteiger charge is 2.27. The number of nitrogens with zero attached hydrogens (tertiary/aromatic N) is 2. The first kappa shape index (κ1) is 20.6. The lowest BCUT2D eigenvalue weighted by Gasteiger charge is -2.23. The minimum Gasteiger partial charge on any atom is -0.369 e. The first-order valence-electron chi connectivity index (χ1n) is 9.13. The third-order valence-electron chi connectivity index (χ3n) is 4.54. The molecule has 1 fully saturated rings. The predicted octanol–water partition coefficient (Wildman–Crippen LogP) is 2.36. The lowest BCUT2D eigenvalue weighted by atomic mass is 9.93. The van der Waals surface area contributed by atoms with Crippen molar-refractivity contribution in [1.82, 2.24) is 16.0 Å². The second-order valence-corrected chi connectivity index (χ2v) is 8.13. The van der Waals surface area contributed by atoms with Gasteiger partial charge >= 0.3 is 0 Å². The maximum atomic E-state index is 11.9. The molecule has 0 radical (unpaired) electrons. The molecular formula is C19H30BrN5O. The maximum absolute atomic E-state index is 11.9. The molecule has 1 aliphatic rings. The van der Waals surface area contributed by atoms with E-state index in [-0.39, 0.29) is 5.91 Å². The van der Waals surface area contributed by atoms with E-state index < -0.39 is 5.41 Å². The minimum absolute atomic E-state index is 0.000576. The number of aliphatic imine (C=N–C) groups is 1. The summed E-state index contributed by atoms with van der Waals surface area (Å²) in [6, 6.07) is 8.75. The third kappa shape index (κ3) is 5.62. The van der Waals surface area contributed by atoms with Crippen molar-refractivity contribution in [3.05, 3.63) is 28.7 Å². The van der Waals surface area contributed by atoms with Gasteiger partial charge < -0.3 is 20.9 Å². The summed E-state index contributed by atoms with van der Waals surface area (Å²) in [7, 11) is 1.66. The van der Waals surface area contributed by atoms with Gasteiger partial charge in [-0.1, -0.05) is 15.9 Å². The molecule has 1 unspecified atom stereocenters. The van der Waals surface area contributed by atoms with Crippen molar-refractivity contribution in [2.24, 2.45) is 10.4 Å². The van der Waals surface area contributed by atoms with E-state index in [2.05, 4.69) is 66.0 Å². The van der Waals surface area contributed by atoms with Gasteiger partial charge in [-0.05, 0) is 51.5 Å². The van der Waals surface area contributed by atoms with E-state index in [9.17, 15) is 4.79 Å². The first-order chi connectivity index (χ1) is 12.4. The number of carbonyl (C=O) groups excluding carboxylic acids is 1. The number of rotatable bonds is 6. The normalized spacial score (nSPS) is 18.0. The second-order valence-electron chi connectivity index (χ2n) is 7.21. The number of benzene rings is 1. The van der Waals surface area contributed by atoms with E-state index in [0.717, 1.165) is 36.5 Å². The standard InChI is InChI=1S/C19H30BrN5O/c1-5-22-18(23-13-19(2,3)17(26)21-4)24-15-10-11-25(12-15)16-8-6-14(20)7-9-16/h6-9,15H,5,10-13H2,1-4H3,(H,21,26)(H2,22,23,24). The summed E-state index contributed by atoms with van der Waals surface area (Å²) in [5, 5.41) is 9.50. The van der Waals surface area contributed by atoms with Gasteiger partial charge in [-0.15, -0.1) is 0 Å². The summed E-state index contributed by atoms with van der Waals surface area (Å²) in [6.07, 6.45) is 1.05. The fourth-order valence-corrected chi connectivity index (χ4v) is 3.23. The van der Waals surface area contributed by atoms with E-state index in [0.29, 0.717) is 12.6 Å². The molecule has 1 atom stereocenters. The SMILES string of the molecule is CCNC(=NCC(C)(C)C(=O)NC)NC1CCN(c2ccc(Br)cc2)C1. The molecular weight excluding hydrogens is 394 g/mol. The number of hydrogen-bond donors (Lipinski definition) is 3. The molecule has 0 aliphatic carbocycles. The van der Waals surface area contributed by atoms with E-state index in [1.807, 2.05) is 20.8 Å². The highest BCUT2D eigenvalue weighted by Crippen LogP contribution is 2.22. The molecule has 1 heterocycles. The van der Waals surface area contributed by atoms with Gasteiger partial charge in [0.25, 0.3) is 0 Å². The Morgan fingerprint density at radius 1 is 1.35 bits per heavy atom. The Labute approximate surface area is 165 Å². The topological polar surface area (TPSA) is 68.8 Å². The zero-order valence-corrected chi connectivity index (χ0v) is 17.7. The fourth-order valence-electron chi connectivity index (χ4n) is 2.96. The summed E-state index contributed by atoms with van der Waals surface area (Å²) in [5.74, 6) is 0.770. The van der Waals surface area contributed by atoms with Gasteiger partial charge in [0.05, 0.1) is 12.0 Å². The number of nitrogens with one attached hydrogen (secondary N) is 3. The average molecular weight is 424 g/mol. The van der Waals surface area contributed by atoms with Crippen LogP contribution in [-0.4, -0.2) is 51.1 Å². The molecule has 7 heteroatoms. The third-order valence-corrected chi connectivity index (χ3v) is 5.07. The van der Waals surface area contributed by atoms with Crippen LogP contribution in [0.5, 0.6) is 0 Å². The van der Waals surface area contributed by atoms with Crippen molar-refractivity contribution in [2.75, 3.05) is 38.1 Å². The Morgan fingerprint density at radius 2 is 2.04 bits per heavy atom. The minimum atomic E-state index is -0.532. The molecule has 6 nitrogen and oxygen atoms in total. The van der Waals surface area contributed by atoms with Gasteiger partial charge in [-0.2, -0.15) is 0 Å². The Morgan fingerprint density at radius 3 is 2.65 bits per heavy atom. The van der Waals surface area contributed by atoms with Crippen LogP contribution in [0.25, 0.3) is 0 Å². The van der Waals surface area contributed by atoms with Crippen molar-refractivity contribution in [2.45, 2.75) is 33.2 Å². The van der Waals surface area contributed by atoms with Gasteiger partial charge in [0.1, 0.15) is 0 Å². The van der Waals surface area contributed by atoms with Crippen LogP contribution in [0.1, 0.15) is 27.2 Å². The first-order valence-corrected chi connectivity index (χ1v) is 9.92. The second kappa shape index (κ2) is 9.26. The molecule has 0 spiro atoms. The Kier molecular flexibility index (Phi) is 7.32. The van der Waals surface area contributed by atoms with E-state index in [1.54, 1.807) is 7.05 Å². The lowest BCUT2D eigenvalue weighted by Crippen LogP contribution is -2.45. The largest absolute Gasteiger partial charge is 0.369 e. The van der Waals surface area contributed by atoms with E-state index in [1.165, 1.54) is 5.69 Å². The van der Waals surface area contributed by atoms with Crippen LogP contribution in [0.15, 0.2) is 33.7 Å². The molecule has 1 aliphatic heterocycles. The number of anilines is 1. The fraction of sp³-hybridized carbons (Fsp3) is 0.579. The summed E-state index contributed by atoms with van der Waals surface area (Å²) in [5.41, 5.74) is 0.705. The molecule has 1 saturated heterocycles. The number of halogens is 1. The molecule has 26 heavy (non-hydrogen) atoms. The lowest BCUT2D eigenvalue weighted by molar-refractivity contribution is -0.128. The van der Waals surface area contributed by atoms with Gasteiger partial charge in [0.15, 0.2) is 5.96 Å². The van der Waals surface area contributed by atoms with Gasteiger partial charge in [-0.25, -0.2) is 0 Å². The van der Waals surface area contributed by atoms with Crippen LogP contribution in [0, 0.1) is 5.41 Å². The van der Waals surface area contributed by atoms with Gasteiger partial charge in [0, 0.05) is 42.9 Å².